The van der Waals surface area contributed by atoms with Gasteiger partial charge in [-0.05, 0) is 48.4 Å². The lowest BCUT2D eigenvalue weighted by Gasteiger charge is -2.49. The molecule has 2 unspecified atom stereocenters. The van der Waals surface area contributed by atoms with Gasteiger partial charge in [0.2, 0.25) is 0 Å². The molecule has 1 aliphatic rings. The third-order valence-electron chi connectivity index (χ3n) is 4.77. The van der Waals surface area contributed by atoms with Crippen molar-refractivity contribution in [2.24, 2.45) is 16.6 Å². The van der Waals surface area contributed by atoms with Gasteiger partial charge in [0.1, 0.15) is 5.82 Å². The van der Waals surface area contributed by atoms with Gasteiger partial charge in [0.15, 0.2) is 0 Å². The van der Waals surface area contributed by atoms with Crippen molar-refractivity contribution in [3.8, 4) is 0 Å². The van der Waals surface area contributed by atoms with Gasteiger partial charge in [0.25, 0.3) is 0 Å². The smallest absolute Gasteiger partial charge is 0.126 e. The molecule has 3 N–H and O–H groups in total. The van der Waals surface area contributed by atoms with Crippen LogP contribution in [-0.2, 0) is 6.42 Å². The lowest BCUT2D eigenvalue weighted by atomic mass is 9.59. The van der Waals surface area contributed by atoms with Gasteiger partial charge < -0.3 is 10.8 Å². The molecule has 0 saturated heterocycles. The van der Waals surface area contributed by atoms with Crippen LogP contribution in [0.2, 0.25) is 0 Å². The van der Waals surface area contributed by atoms with E-state index in [4.69, 9.17) is 5.73 Å². The van der Waals surface area contributed by atoms with Crippen molar-refractivity contribution in [1.82, 2.24) is 0 Å². The van der Waals surface area contributed by atoms with Crippen LogP contribution in [0.15, 0.2) is 22.7 Å². The molecule has 1 saturated carbocycles. The van der Waals surface area contributed by atoms with E-state index in [-0.39, 0.29) is 11.2 Å². The number of hydrogen-bond donors (Lipinski definition) is 2. The van der Waals surface area contributed by atoms with Crippen LogP contribution >= 0.6 is 15.9 Å². The second-order valence-electron chi connectivity index (χ2n) is 6.72. The summed E-state index contributed by atoms with van der Waals surface area (Å²) < 4.78 is 14.9. The second-order valence-corrected chi connectivity index (χ2v) is 7.64. The monoisotopic (exact) mass is 343 g/mol. The molecule has 1 aliphatic carbocycles. The molecule has 1 aromatic rings. The average Bonchev–Trinajstić information content (AvgIpc) is 2.39. The van der Waals surface area contributed by atoms with E-state index in [1.807, 2.05) is 0 Å². The molecule has 112 valence electrons. The first-order valence-corrected chi connectivity index (χ1v) is 7.92. The fraction of sp³-hybridized carbons (Fsp3) is 0.625. The molecular formula is C16H23BrFNO. The van der Waals surface area contributed by atoms with Crippen LogP contribution < -0.4 is 5.73 Å². The Morgan fingerprint density at radius 1 is 1.40 bits per heavy atom. The van der Waals surface area contributed by atoms with Gasteiger partial charge in [0, 0.05) is 16.4 Å². The molecule has 0 bridgehead atoms. The fourth-order valence-electron chi connectivity index (χ4n) is 3.53. The van der Waals surface area contributed by atoms with Gasteiger partial charge in [-0.15, -0.1) is 0 Å². The van der Waals surface area contributed by atoms with E-state index < -0.39 is 11.5 Å². The van der Waals surface area contributed by atoms with Crippen molar-refractivity contribution in [3.63, 3.8) is 0 Å². The molecule has 1 aromatic carbocycles. The number of hydrogen-bond acceptors (Lipinski definition) is 2. The number of rotatable bonds is 3. The lowest BCUT2D eigenvalue weighted by molar-refractivity contribution is -0.0887. The summed E-state index contributed by atoms with van der Waals surface area (Å²) in [6.45, 7) is 4.51. The molecule has 0 radical (unpaired) electrons. The Kier molecular flexibility index (Phi) is 4.57. The van der Waals surface area contributed by atoms with Gasteiger partial charge in [-0.25, -0.2) is 4.39 Å². The number of benzene rings is 1. The highest BCUT2D eigenvalue weighted by Crippen LogP contribution is 2.47. The standard InChI is InChI=1S/C16H23BrFNO/c1-15(2)6-3-7-16(10-19,14(15)20)9-11-8-12(17)4-5-13(11)18/h4-5,8,14,20H,3,6-7,9-10,19H2,1-2H3. The second kappa shape index (κ2) is 5.74. The largest absolute Gasteiger partial charge is 0.392 e. The predicted molar refractivity (Wildman–Crippen MR) is 82.9 cm³/mol. The molecule has 2 atom stereocenters. The summed E-state index contributed by atoms with van der Waals surface area (Å²) in [6, 6.07) is 4.94. The van der Waals surface area contributed by atoms with Gasteiger partial charge in [-0.2, -0.15) is 0 Å². The summed E-state index contributed by atoms with van der Waals surface area (Å²) in [4.78, 5) is 0. The van der Waals surface area contributed by atoms with Crippen molar-refractivity contribution in [3.05, 3.63) is 34.1 Å². The summed E-state index contributed by atoms with van der Waals surface area (Å²) >= 11 is 3.38. The van der Waals surface area contributed by atoms with Crippen LogP contribution in [0.4, 0.5) is 4.39 Å². The zero-order valence-electron chi connectivity index (χ0n) is 12.1. The molecule has 2 rings (SSSR count). The van der Waals surface area contributed by atoms with Crippen LogP contribution in [0.25, 0.3) is 0 Å². The molecule has 0 amide bonds. The number of nitrogens with two attached hydrogens (primary N) is 1. The summed E-state index contributed by atoms with van der Waals surface area (Å²) in [6.07, 6.45) is 2.83. The van der Waals surface area contributed by atoms with Crippen molar-refractivity contribution in [2.45, 2.75) is 45.6 Å². The molecule has 1 fully saturated rings. The Bertz CT molecular complexity index is 491. The Morgan fingerprint density at radius 3 is 2.75 bits per heavy atom. The molecule has 0 heterocycles. The SMILES string of the molecule is CC1(C)CCCC(CN)(Cc2cc(Br)ccc2F)C1O. The highest BCUT2D eigenvalue weighted by molar-refractivity contribution is 9.10. The first-order chi connectivity index (χ1) is 9.31. The normalized spacial score (nSPS) is 29.4. The van der Waals surface area contributed by atoms with E-state index in [0.29, 0.717) is 18.5 Å². The van der Waals surface area contributed by atoms with Crippen molar-refractivity contribution >= 4 is 15.9 Å². The van der Waals surface area contributed by atoms with Crippen LogP contribution in [0.1, 0.15) is 38.7 Å². The molecule has 20 heavy (non-hydrogen) atoms. The van der Waals surface area contributed by atoms with E-state index >= 15 is 0 Å². The highest BCUT2D eigenvalue weighted by Gasteiger charge is 2.48. The minimum Gasteiger partial charge on any atom is -0.392 e. The van der Waals surface area contributed by atoms with Gasteiger partial charge >= 0.3 is 0 Å². The van der Waals surface area contributed by atoms with Crippen LogP contribution in [0, 0.1) is 16.6 Å². The van der Waals surface area contributed by atoms with E-state index in [1.165, 1.54) is 6.07 Å². The maximum atomic E-state index is 14.0. The number of halogens is 2. The summed E-state index contributed by atoms with van der Waals surface area (Å²) in [5.41, 5.74) is 6.02. The fourth-order valence-corrected chi connectivity index (χ4v) is 3.94. The Morgan fingerprint density at radius 2 is 2.10 bits per heavy atom. The lowest BCUT2D eigenvalue weighted by Crippen LogP contribution is -2.53. The van der Waals surface area contributed by atoms with Gasteiger partial charge in [-0.3, -0.25) is 0 Å². The Hall–Kier alpha value is -0.450. The zero-order valence-corrected chi connectivity index (χ0v) is 13.7. The highest BCUT2D eigenvalue weighted by atomic mass is 79.9. The first kappa shape index (κ1) is 15.9. The molecule has 2 nitrogen and oxygen atoms in total. The van der Waals surface area contributed by atoms with Gasteiger partial charge in [0.05, 0.1) is 6.10 Å². The molecule has 4 heteroatoms. The third-order valence-corrected chi connectivity index (χ3v) is 5.27. The maximum Gasteiger partial charge on any atom is 0.126 e. The van der Waals surface area contributed by atoms with Crippen molar-refractivity contribution < 1.29 is 9.50 Å². The number of aliphatic hydroxyl groups excluding tert-OH is 1. The minimum absolute atomic E-state index is 0.167. The van der Waals surface area contributed by atoms with Crippen LogP contribution in [0.3, 0.4) is 0 Å². The molecule has 0 aliphatic heterocycles. The van der Waals surface area contributed by atoms with Crippen molar-refractivity contribution in [1.29, 1.82) is 0 Å². The molecular weight excluding hydrogens is 321 g/mol. The summed E-state index contributed by atoms with van der Waals surface area (Å²) in [5.74, 6) is -0.225. The average molecular weight is 344 g/mol. The Labute approximate surface area is 128 Å². The maximum absolute atomic E-state index is 14.0. The zero-order chi connectivity index (χ0) is 15.0. The van der Waals surface area contributed by atoms with Crippen LogP contribution in [-0.4, -0.2) is 17.8 Å². The predicted octanol–water partition coefficient (Wildman–Crippen LogP) is 3.65. The number of aliphatic hydroxyl groups is 1. The quantitative estimate of drug-likeness (QED) is 0.879. The van der Waals surface area contributed by atoms with Crippen LogP contribution in [0.5, 0.6) is 0 Å². The van der Waals surface area contributed by atoms with Gasteiger partial charge in [-0.1, -0.05) is 36.2 Å². The van der Waals surface area contributed by atoms with E-state index in [0.717, 1.165) is 23.7 Å². The molecule has 0 aromatic heterocycles. The third kappa shape index (κ3) is 2.92. The summed E-state index contributed by atoms with van der Waals surface area (Å²) in [5, 5.41) is 10.8. The topological polar surface area (TPSA) is 46.2 Å². The van der Waals surface area contributed by atoms with E-state index in [2.05, 4.69) is 29.8 Å². The summed E-state index contributed by atoms with van der Waals surface area (Å²) in [7, 11) is 0. The van der Waals surface area contributed by atoms with E-state index in [1.54, 1.807) is 12.1 Å². The molecule has 0 spiro atoms. The van der Waals surface area contributed by atoms with Crippen molar-refractivity contribution in [2.75, 3.05) is 6.54 Å². The van der Waals surface area contributed by atoms with E-state index in [9.17, 15) is 9.50 Å². The Balaban J connectivity index is 2.34. The first-order valence-electron chi connectivity index (χ1n) is 7.13. The minimum atomic E-state index is -0.507.